The Morgan fingerprint density at radius 3 is 2.12 bits per heavy atom. The smallest absolute Gasteiger partial charge is 0.339 e. The summed E-state index contributed by atoms with van der Waals surface area (Å²) in [5.41, 5.74) is -1.03. The Bertz CT molecular complexity index is 1560. The van der Waals surface area contributed by atoms with Gasteiger partial charge in [-0.05, 0) is 54.0 Å². The Balaban J connectivity index is 1.40. The molecule has 3 aromatic rings. The van der Waals surface area contributed by atoms with Gasteiger partial charge in [0.05, 0.1) is 17.0 Å². The zero-order valence-corrected chi connectivity index (χ0v) is 22.3. The summed E-state index contributed by atoms with van der Waals surface area (Å²) in [5, 5.41) is 16.4. The largest absolute Gasteiger partial charge is 0.416 e. The second-order valence-corrected chi connectivity index (χ2v) is 10.9. The van der Waals surface area contributed by atoms with Crippen LogP contribution < -0.4 is 5.14 Å². The molecule has 0 saturated carbocycles. The number of nitrogens with zero attached hydrogens (tertiary/aromatic N) is 6. The second-order valence-electron chi connectivity index (χ2n) is 9.33. The number of aryl methyl sites for hydroxylation is 2. The lowest BCUT2D eigenvalue weighted by atomic mass is 9.99. The molecule has 1 aliphatic heterocycles. The number of benzene rings is 2. The molecule has 2 amide bonds. The van der Waals surface area contributed by atoms with Gasteiger partial charge in [0, 0.05) is 32.6 Å². The molecule has 0 bridgehead atoms. The first-order valence-electron chi connectivity index (χ1n) is 12.2. The number of halogens is 5. The molecule has 2 heterocycles. The highest BCUT2D eigenvalue weighted by molar-refractivity contribution is 7.89. The molecule has 0 radical (unpaired) electrons. The van der Waals surface area contributed by atoms with Crippen molar-refractivity contribution in [3.05, 3.63) is 70.0 Å². The first-order chi connectivity index (χ1) is 19.1. The van der Waals surface area contributed by atoms with E-state index in [0.29, 0.717) is 23.5 Å². The van der Waals surface area contributed by atoms with Gasteiger partial charge in [-0.1, -0.05) is 6.07 Å². The third-order valence-corrected chi connectivity index (χ3v) is 7.38. The van der Waals surface area contributed by atoms with Crippen molar-refractivity contribution < 1.29 is 40.0 Å². The molecule has 1 saturated heterocycles. The lowest BCUT2D eigenvalue weighted by Gasteiger charge is -2.35. The molecule has 0 atom stereocenters. The van der Waals surface area contributed by atoms with Gasteiger partial charge in [0.1, 0.15) is 17.2 Å². The summed E-state index contributed by atoms with van der Waals surface area (Å²) in [5.74, 6) is -3.77. The number of piperazine rings is 1. The number of primary sulfonamides is 1. The van der Waals surface area contributed by atoms with Crippen LogP contribution in [0.5, 0.6) is 0 Å². The van der Waals surface area contributed by atoms with Crippen LogP contribution in [-0.4, -0.2) is 76.4 Å². The average molecular weight is 602 g/mol. The van der Waals surface area contributed by atoms with Gasteiger partial charge >= 0.3 is 6.18 Å². The maximum atomic E-state index is 14.4. The van der Waals surface area contributed by atoms with E-state index in [2.05, 4.69) is 15.4 Å². The van der Waals surface area contributed by atoms with Crippen molar-refractivity contribution in [3.63, 3.8) is 0 Å². The Kier molecular flexibility index (Phi) is 8.39. The number of carbonyl (C=O) groups excluding carboxylic acids is 2. The summed E-state index contributed by atoms with van der Waals surface area (Å²) >= 11 is 0. The molecule has 17 heteroatoms. The Morgan fingerprint density at radius 2 is 1.59 bits per heavy atom. The van der Waals surface area contributed by atoms with Crippen molar-refractivity contribution in [2.24, 2.45) is 5.14 Å². The van der Waals surface area contributed by atoms with E-state index in [4.69, 9.17) is 5.14 Å². The van der Waals surface area contributed by atoms with Crippen LogP contribution in [0, 0.1) is 18.6 Å². The predicted molar refractivity (Wildman–Crippen MR) is 132 cm³/mol. The molecule has 0 unspecified atom stereocenters. The fraction of sp³-hybridized carbons (Fsp3) is 0.375. The van der Waals surface area contributed by atoms with E-state index in [-0.39, 0.29) is 57.0 Å². The third-order valence-electron chi connectivity index (χ3n) is 6.48. The molecule has 220 valence electrons. The molecule has 2 N–H and O–H groups in total. The molecule has 4 rings (SSSR count). The van der Waals surface area contributed by atoms with Crippen LogP contribution in [0.3, 0.4) is 0 Å². The quantitative estimate of drug-likeness (QED) is 0.408. The summed E-state index contributed by atoms with van der Waals surface area (Å²) in [6, 6.07) is 4.14. The standard InChI is InChI=1S/C24H24F5N7O4S/c1-14-31-33-36(32-14)13-16-10-17(24(27,28)29)4-2-15(16)3-5-21(37)34-6-8-35(9-7-34)23(38)22-19(25)11-18(12-20(22)26)41(30,39)40/h2,4,10-12H,3,5-9,13H2,1H3,(H2,30,39,40). The van der Waals surface area contributed by atoms with Crippen molar-refractivity contribution in [3.8, 4) is 0 Å². The van der Waals surface area contributed by atoms with Crippen molar-refractivity contribution in [2.75, 3.05) is 26.2 Å². The number of amides is 2. The van der Waals surface area contributed by atoms with Crippen LogP contribution in [-0.2, 0) is 34.0 Å². The van der Waals surface area contributed by atoms with Crippen LogP contribution in [0.1, 0.15) is 39.3 Å². The van der Waals surface area contributed by atoms with E-state index in [0.717, 1.165) is 21.8 Å². The lowest BCUT2D eigenvalue weighted by Crippen LogP contribution is -2.51. The molecule has 1 aliphatic rings. The predicted octanol–water partition coefficient (Wildman–Crippen LogP) is 1.89. The highest BCUT2D eigenvalue weighted by Gasteiger charge is 2.32. The van der Waals surface area contributed by atoms with E-state index < -0.39 is 49.8 Å². The minimum atomic E-state index is -4.57. The number of rotatable bonds is 7. The van der Waals surface area contributed by atoms with Gasteiger partial charge in [-0.3, -0.25) is 9.59 Å². The van der Waals surface area contributed by atoms with Crippen molar-refractivity contribution in [2.45, 2.75) is 37.4 Å². The maximum absolute atomic E-state index is 14.4. The Morgan fingerprint density at radius 1 is 0.976 bits per heavy atom. The van der Waals surface area contributed by atoms with Crippen LogP contribution >= 0.6 is 0 Å². The number of hydrogen-bond donors (Lipinski definition) is 1. The van der Waals surface area contributed by atoms with Gasteiger partial charge < -0.3 is 9.80 Å². The zero-order chi connectivity index (χ0) is 30.1. The number of tetrazole rings is 1. The highest BCUT2D eigenvalue weighted by Crippen LogP contribution is 2.31. The molecule has 0 aliphatic carbocycles. The lowest BCUT2D eigenvalue weighted by molar-refractivity contribution is -0.137. The fourth-order valence-corrected chi connectivity index (χ4v) is 4.91. The van der Waals surface area contributed by atoms with E-state index in [1.54, 1.807) is 6.92 Å². The number of carbonyl (C=O) groups is 2. The first kappa shape index (κ1) is 30.0. The maximum Gasteiger partial charge on any atom is 0.416 e. The van der Waals surface area contributed by atoms with Gasteiger partial charge in [0.25, 0.3) is 5.91 Å². The Hall–Kier alpha value is -3.99. The minimum Gasteiger partial charge on any atom is -0.339 e. The average Bonchev–Trinajstić information content (AvgIpc) is 3.30. The van der Waals surface area contributed by atoms with Gasteiger partial charge in [-0.15, -0.1) is 10.2 Å². The van der Waals surface area contributed by atoms with Gasteiger partial charge in [-0.25, -0.2) is 22.3 Å². The van der Waals surface area contributed by atoms with E-state index in [9.17, 15) is 40.0 Å². The molecule has 11 nitrogen and oxygen atoms in total. The SMILES string of the molecule is Cc1nnn(Cc2cc(C(F)(F)F)ccc2CCC(=O)N2CCN(C(=O)c3c(F)cc(S(N)(=O)=O)cc3F)CC2)n1. The normalized spacial score (nSPS) is 14.4. The van der Waals surface area contributed by atoms with Crippen molar-refractivity contribution in [1.82, 2.24) is 30.0 Å². The number of hydrogen-bond acceptors (Lipinski definition) is 7. The first-order valence-corrected chi connectivity index (χ1v) is 13.7. The number of nitrogens with two attached hydrogens (primary N) is 1. The summed E-state index contributed by atoms with van der Waals surface area (Å²) in [7, 11) is -4.39. The van der Waals surface area contributed by atoms with Crippen LogP contribution in [0.25, 0.3) is 0 Å². The topological polar surface area (TPSA) is 144 Å². The second kappa shape index (κ2) is 11.5. The molecule has 2 aromatic carbocycles. The minimum absolute atomic E-state index is 0.0467. The summed E-state index contributed by atoms with van der Waals surface area (Å²) in [6.45, 7) is 1.49. The van der Waals surface area contributed by atoms with Crippen molar-refractivity contribution >= 4 is 21.8 Å². The van der Waals surface area contributed by atoms with Gasteiger partial charge in [0.2, 0.25) is 15.9 Å². The molecule has 0 spiro atoms. The van der Waals surface area contributed by atoms with Gasteiger partial charge in [0.15, 0.2) is 5.82 Å². The zero-order valence-electron chi connectivity index (χ0n) is 21.5. The van der Waals surface area contributed by atoms with Crippen LogP contribution in [0.4, 0.5) is 22.0 Å². The Labute approximate surface area is 230 Å². The van der Waals surface area contributed by atoms with Crippen LogP contribution in [0.15, 0.2) is 35.2 Å². The van der Waals surface area contributed by atoms with Crippen LogP contribution in [0.2, 0.25) is 0 Å². The summed E-state index contributed by atoms with van der Waals surface area (Å²) in [6.07, 6.45) is -4.50. The van der Waals surface area contributed by atoms with E-state index in [1.807, 2.05) is 0 Å². The molecule has 41 heavy (non-hydrogen) atoms. The molecule has 1 fully saturated rings. The summed E-state index contributed by atoms with van der Waals surface area (Å²) < 4.78 is 91.5. The highest BCUT2D eigenvalue weighted by atomic mass is 32.2. The molecular formula is C24H24F5N7O4S. The van der Waals surface area contributed by atoms with Gasteiger partial charge in [-0.2, -0.15) is 18.0 Å². The molecular weight excluding hydrogens is 577 g/mol. The number of sulfonamides is 1. The number of aromatic nitrogens is 4. The van der Waals surface area contributed by atoms with E-state index in [1.165, 1.54) is 11.0 Å². The number of alkyl halides is 3. The summed E-state index contributed by atoms with van der Waals surface area (Å²) in [4.78, 5) is 28.5. The third kappa shape index (κ3) is 7.02. The monoisotopic (exact) mass is 601 g/mol. The fourth-order valence-electron chi connectivity index (χ4n) is 4.37. The van der Waals surface area contributed by atoms with E-state index >= 15 is 0 Å². The molecule has 1 aromatic heterocycles. The van der Waals surface area contributed by atoms with Crippen molar-refractivity contribution in [1.29, 1.82) is 0 Å².